The van der Waals surface area contributed by atoms with Crippen LogP contribution in [0.15, 0.2) is 17.0 Å². The minimum Gasteiger partial charge on any atom is -0.396 e. The Bertz CT molecular complexity index is 510. The van der Waals surface area contributed by atoms with Gasteiger partial charge < -0.3 is 15.7 Å². The molecule has 110 valence electrons. The van der Waals surface area contributed by atoms with Gasteiger partial charge in [-0.05, 0) is 24.6 Å². The number of amides is 1. The number of rotatable bonds is 6. The van der Waals surface area contributed by atoms with Crippen LogP contribution in [0.4, 0.5) is 5.69 Å². The number of carbonyl (C=O) groups is 1. The zero-order valence-corrected chi connectivity index (χ0v) is 13.1. The summed E-state index contributed by atoms with van der Waals surface area (Å²) in [5.74, 6) is 0.969. The number of anilines is 1. The lowest BCUT2D eigenvalue weighted by Gasteiger charge is -2.12. The Balaban J connectivity index is 2.20. The van der Waals surface area contributed by atoms with Gasteiger partial charge >= 0.3 is 0 Å². The molecule has 0 aliphatic carbocycles. The summed E-state index contributed by atoms with van der Waals surface area (Å²) in [6.45, 7) is 4.83. The van der Waals surface area contributed by atoms with Gasteiger partial charge in [-0.15, -0.1) is 11.8 Å². The summed E-state index contributed by atoms with van der Waals surface area (Å²) in [5.41, 5.74) is 1.73. The fourth-order valence-electron chi connectivity index (χ4n) is 2.06. The van der Waals surface area contributed by atoms with Crippen molar-refractivity contribution < 1.29 is 9.90 Å². The van der Waals surface area contributed by atoms with E-state index in [4.69, 9.17) is 16.7 Å². The molecule has 0 radical (unpaired) electrons. The predicted molar refractivity (Wildman–Crippen MR) is 83.5 cm³/mol. The topological polar surface area (TPSA) is 61.4 Å². The van der Waals surface area contributed by atoms with Crippen molar-refractivity contribution in [2.75, 3.05) is 24.2 Å². The molecule has 6 heteroatoms. The van der Waals surface area contributed by atoms with Gasteiger partial charge in [-0.2, -0.15) is 0 Å². The third-order valence-corrected chi connectivity index (χ3v) is 4.99. The van der Waals surface area contributed by atoms with Crippen LogP contribution < -0.4 is 10.6 Å². The minimum absolute atomic E-state index is 0.0382. The Morgan fingerprint density at radius 2 is 2.30 bits per heavy atom. The second-order valence-electron chi connectivity index (χ2n) is 4.95. The Hall–Kier alpha value is -0.750. The molecule has 0 saturated heterocycles. The molecule has 20 heavy (non-hydrogen) atoms. The van der Waals surface area contributed by atoms with Gasteiger partial charge in [-0.25, -0.2) is 0 Å². The zero-order chi connectivity index (χ0) is 14.7. The lowest BCUT2D eigenvalue weighted by atomic mass is 10.1. The number of aliphatic hydroxyl groups is 1. The van der Waals surface area contributed by atoms with Crippen molar-refractivity contribution in [2.24, 2.45) is 5.92 Å². The number of hydrogen-bond acceptors (Lipinski definition) is 4. The first kappa shape index (κ1) is 15.6. The molecule has 1 heterocycles. The van der Waals surface area contributed by atoms with E-state index in [1.165, 1.54) is 0 Å². The Labute approximate surface area is 128 Å². The first-order valence-electron chi connectivity index (χ1n) is 6.68. The number of benzene rings is 1. The van der Waals surface area contributed by atoms with Crippen molar-refractivity contribution in [3.05, 3.63) is 22.7 Å². The fourth-order valence-corrected chi connectivity index (χ4v) is 3.37. The number of aliphatic hydroxyl groups excluding tert-OH is 1. The molecule has 0 fully saturated rings. The summed E-state index contributed by atoms with van der Waals surface area (Å²) >= 11 is 7.90. The highest BCUT2D eigenvalue weighted by Crippen LogP contribution is 2.39. The first-order valence-corrected chi connectivity index (χ1v) is 8.04. The van der Waals surface area contributed by atoms with Gasteiger partial charge in [0.25, 0.3) is 0 Å². The Kier molecular flexibility index (Phi) is 5.32. The number of halogens is 1. The first-order chi connectivity index (χ1) is 9.56. The lowest BCUT2D eigenvalue weighted by molar-refractivity contribution is -0.117. The number of likely N-dealkylation sites (N-methyl/N-ethyl adjacent to an activating group) is 1. The molecule has 1 aliphatic heterocycles. The normalized spacial score (nSPS) is 18.8. The summed E-state index contributed by atoms with van der Waals surface area (Å²) in [5, 5.41) is 15.7. The van der Waals surface area contributed by atoms with Gasteiger partial charge in [0.1, 0.15) is 6.04 Å². The average molecular weight is 315 g/mol. The molecule has 0 aromatic heterocycles. The maximum absolute atomic E-state index is 11.9. The SMILES string of the molecule is CCNC1C(=O)Nc2cc(SCC(C)CO)c(Cl)cc21. The second-order valence-corrected chi connectivity index (χ2v) is 6.42. The van der Waals surface area contributed by atoms with Gasteiger partial charge in [0.2, 0.25) is 5.91 Å². The van der Waals surface area contributed by atoms with E-state index in [9.17, 15) is 4.79 Å². The van der Waals surface area contributed by atoms with Crippen LogP contribution in [0.25, 0.3) is 0 Å². The van der Waals surface area contributed by atoms with Crippen LogP contribution in [0.1, 0.15) is 25.5 Å². The van der Waals surface area contributed by atoms with Gasteiger partial charge in [-0.3, -0.25) is 4.79 Å². The standard InChI is InChI=1S/C14H19ClN2O2S/c1-3-16-13-9-4-10(15)12(20-7-8(2)6-18)5-11(9)17-14(13)19/h4-5,8,13,16,18H,3,6-7H2,1-2H3,(H,17,19). The number of hydrogen-bond donors (Lipinski definition) is 3. The van der Waals surface area contributed by atoms with E-state index < -0.39 is 0 Å². The highest BCUT2D eigenvalue weighted by molar-refractivity contribution is 7.99. The minimum atomic E-state index is -0.317. The molecule has 4 nitrogen and oxygen atoms in total. The highest BCUT2D eigenvalue weighted by atomic mass is 35.5. The van der Waals surface area contributed by atoms with Crippen LogP contribution in [0.3, 0.4) is 0 Å². The molecule has 3 N–H and O–H groups in total. The lowest BCUT2D eigenvalue weighted by Crippen LogP contribution is -2.27. The fraction of sp³-hybridized carbons (Fsp3) is 0.500. The van der Waals surface area contributed by atoms with E-state index in [2.05, 4.69) is 10.6 Å². The van der Waals surface area contributed by atoms with Crippen LogP contribution in [0, 0.1) is 5.92 Å². The molecule has 0 bridgehead atoms. The number of nitrogens with one attached hydrogen (secondary N) is 2. The van der Waals surface area contributed by atoms with E-state index in [0.717, 1.165) is 28.4 Å². The summed E-state index contributed by atoms with van der Waals surface area (Å²) in [6, 6.07) is 3.46. The molecular weight excluding hydrogens is 296 g/mol. The molecule has 0 spiro atoms. The highest BCUT2D eigenvalue weighted by Gasteiger charge is 2.30. The number of thioether (sulfide) groups is 1. The van der Waals surface area contributed by atoms with Gasteiger partial charge in [0, 0.05) is 28.5 Å². The third kappa shape index (κ3) is 3.28. The van der Waals surface area contributed by atoms with Crippen molar-refractivity contribution in [3.63, 3.8) is 0 Å². The molecule has 0 saturated carbocycles. The summed E-state index contributed by atoms with van der Waals surface area (Å²) in [6.07, 6.45) is 0. The van der Waals surface area contributed by atoms with Crippen LogP contribution in [-0.2, 0) is 4.79 Å². The third-order valence-electron chi connectivity index (χ3n) is 3.18. The smallest absolute Gasteiger partial charge is 0.246 e. The molecule has 1 aromatic carbocycles. The number of fused-ring (bicyclic) bond motifs is 1. The maximum atomic E-state index is 11.9. The second kappa shape index (κ2) is 6.80. The predicted octanol–water partition coefficient (Wildman–Crippen LogP) is 2.66. The number of carbonyl (C=O) groups excluding carboxylic acids is 1. The van der Waals surface area contributed by atoms with Gasteiger partial charge in [-0.1, -0.05) is 25.4 Å². The maximum Gasteiger partial charge on any atom is 0.246 e. The van der Waals surface area contributed by atoms with Crippen LogP contribution in [0.5, 0.6) is 0 Å². The molecule has 2 atom stereocenters. The van der Waals surface area contributed by atoms with Crippen molar-refractivity contribution in [3.8, 4) is 0 Å². The molecule has 1 aromatic rings. The quantitative estimate of drug-likeness (QED) is 0.707. The van der Waals surface area contributed by atoms with Gasteiger partial charge in [0.05, 0.1) is 5.02 Å². The van der Waals surface area contributed by atoms with E-state index >= 15 is 0 Å². The van der Waals surface area contributed by atoms with Crippen molar-refractivity contribution in [1.29, 1.82) is 0 Å². The Morgan fingerprint density at radius 3 is 2.95 bits per heavy atom. The summed E-state index contributed by atoms with van der Waals surface area (Å²) < 4.78 is 0. The molecule has 2 unspecified atom stereocenters. The van der Waals surface area contributed by atoms with Crippen molar-refractivity contribution in [2.45, 2.75) is 24.8 Å². The van der Waals surface area contributed by atoms with Crippen LogP contribution in [-0.4, -0.2) is 29.9 Å². The van der Waals surface area contributed by atoms with E-state index in [0.29, 0.717) is 5.02 Å². The average Bonchev–Trinajstić information content (AvgIpc) is 2.72. The molecule has 1 amide bonds. The zero-order valence-electron chi connectivity index (χ0n) is 11.6. The van der Waals surface area contributed by atoms with Crippen LogP contribution >= 0.6 is 23.4 Å². The van der Waals surface area contributed by atoms with Crippen LogP contribution in [0.2, 0.25) is 5.02 Å². The van der Waals surface area contributed by atoms with Crippen molar-refractivity contribution >= 4 is 35.0 Å². The summed E-state index contributed by atoms with van der Waals surface area (Å²) in [7, 11) is 0. The molecule has 1 aliphatic rings. The van der Waals surface area contributed by atoms with Gasteiger partial charge in [0.15, 0.2) is 0 Å². The van der Waals surface area contributed by atoms with E-state index in [1.807, 2.05) is 26.0 Å². The monoisotopic (exact) mass is 314 g/mol. The van der Waals surface area contributed by atoms with Crippen molar-refractivity contribution in [1.82, 2.24) is 5.32 Å². The van der Waals surface area contributed by atoms with E-state index in [-0.39, 0.29) is 24.5 Å². The molecule has 2 rings (SSSR count). The Morgan fingerprint density at radius 1 is 1.55 bits per heavy atom. The largest absolute Gasteiger partial charge is 0.396 e. The van der Waals surface area contributed by atoms with E-state index in [1.54, 1.807) is 11.8 Å². The summed E-state index contributed by atoms with van der Waals surface area (Å²) in [4.78, 5) is 12.8. The molecular formula is C14H19ClN2O2S.